The quantitative estimate of drug-likeness (QED) is 0.816. The van der Waals surface area contributed by atoms with Crippen LogP contribution in [0.5, 0.6) is 5.75 Å². The van der Waals surface area contributed by atoms with Crippen molar-refractivity contribution in [3.63, 3.8) is 0 Å². The molecule has 2 aromatic carbocycles. The van der Waals surface area contributed by atoms with Gasteiger partial charge in [-0.2, -0.15) is 0 Å². The van der Waals surface area contributed by atoms with Crippen LogP contribution in [-0.2, 0) is 0 Å². The van der Waals surface area contributed by atoms with Gasteiger partial charge in [-0.15, -0.1) is 0 Å². The predicted molar refractivity (Wildman–Crippen MR) is 74.2 cm³/mol. The molecule has 0 aromatic heterocycles. The van der Waals surface area contributed by atoms with Gasteiger partial charge in [-0.05, 0) is 42.7 Å². The van der Waals surface area contributed by atoms with Crippen LogP contribution in [0, 0.1) is 13.8 Å². The standard InChI is InChI=1S/C16H17NO/c1-11-7-8-13(9-12(11)2)16-10-17-14-5-3-4-6-15(14)18-16/h3-9,16-17H,10H2,1-2H3. The molecule has 1 N–H and O–H groups in total. The van der Waals surface area contributed by atoms with Gasteiger partial charge in [0.2, 0.25) is 0 Å². The number of anilines is 1. The molecule has 0 fully saturated rings. The van der Waals surface area contributed by atoms with Gasteiger partial charge < -0.3 is 10.1 Å². The summed E-state index contributed by atoms with van der Waals surface area (Å²) in [5.41, 5.74) is 4.95. The lowest BCUT2D eigenvalue weighted by Crippen LogP contribution is -2.23. The van der Waals surface area contributed by atoms with Crippen molar-refractivity contribution in [2.45, 2.75) is 20.0 Å². The molecular formula is C16H17NO. The second-order valence-electron chi connectivity index (χ2n) is 4.83. The normalized spacial score (nSPS) is 17.6. The zero-order chi connectivity index (χ0) is 12.5. The molecule has 1 heterocycles. The first-order chi connectivity index (χ1) is 8.74. The fraction of sp³-hybridized carbons (Fsp3) is 0.250. The second-order valence-corrected chi connectivity index (χ2v) is 4.83. The molecule has 0 radical (unpaired) electrons. The number of para-hydroxylation sites is 2. The van der Waals surface area contributed by atoms with Gasteiger partial charge in [-0.1, -0.05) is 30.3 Å². The molecule has 0 saturated carbocycles. The van der Waals surface area contributed by atoms with Crippen molar-refractivity contribution in [1.29, 1.82) is 0 Å². The summed E-state index contributed by atoms with van der Waals surface area (Å²) in [5.74, 6) is 0.937. The van der Waals surface area contributed by atoms with Crippen LogP contribution >= 0.6 is 0 Å². The molecule has 2 aromatic rings. The second kappa shape index (κ2) is 4.37. The van der Waals surface area contributed by atoms with E-state index in [9.17, 15) is 0 Å². The van der Waals surface area contributed by atoms with Gasteiger partial charge in [0.1, 0.15) is 11.9 Å². The van der Waals surface area contributed by atoms with E-state index in [2.05, 4.69) is 37.4 Å². The van der Waals surface area contributed by atoms with Crippen molar-refractivity contribution >= 4 is 5.69 Å². The smallest absolute Gasteiger partial charge is 0.143 e. The minimum Gasteiger partial charge on any atom is -0.482 e. The summed E-state index contributed by atoms with van der Waals surface area (Å²) in [7, 11) is 0. The van der Waals surface area contributed by atoms with E-state index < -0.39 is 0 Å². The Hall–Kier alpha value is -1.96. The van der Waals surface area contributed by atoms with Crippen LogP contribution in [0.4, 0.5) is 5.69 Å². The summed E-state index contributed by atoms with van der Waals surface area (Å²) < 4.78 is 6.05. The van der Waals surface area contributed by atoms with E-state index in [1.807, 2.05) is 24.3 Å². The fourth-order valence-corrected chi connectivity index (χ4v) is 2.26. The summed E-state index contributed by atoms with van der Waals surface area (Å²) in [6.45, 7) is 5.09. The fourth-order valence-electron chi connectivity index (χ4n) is 2.26. The lowest BCUT2D eigenvalue weighted by molar-refractivity contribution is 0.210. The Morgan fingerprint density at radius 2 is 1.89 bits per heavy atom. The third-order valence-electron chi connectivity index (χ3n) is 3.54. The maximum atomic E-state index is 6.05. The van der Waals surface area contributed by atoms with Crippen molar-refractivity contribution in [3.8, 4) is 5.75 Å². The molecule has 0 bridgehead atoms. The molecule has 1 atom stereocenters. The molecule has 18 heavy (non-hydrogen) atoms. The van der Waals surface area contributed by atoms with Crippen LogP contribution in [-0.4, -0.2) is 6.54 Å². The number of hydrogen-bond acceptors (Lipinski definition) is 2. The lowest BCUT2D eigenvalue weighted by Gasteiger charge is -2.28. The molecule has 0 amide bonds. The number of nitrogens with one attached hydrogen (secondary N) is 1. The van der Waals surface area contributed by atoms with Gasteiger partial charge in [-0.3, -0.25) is 0 Å². The van der Waals surface area contributed by atoms with Gasteiger partial charge in [0.05, 0.1) is 12.2 Å². The van der Waals surface area contributed by atoms with E-state index >= 15 is 0 Å². The van der Waals surface area contributed by atoms with Gasteiger partial charge in [0.15, 0.2) is 0 Å². The van der Waals surface area contributed by atoms with Gasteiger partial charge in [0.25, 0.3) is 0 Å². The molecular weight excluding hydrogens is 222 g/mol. The summed E-state index contributed by atoms with van der Waals surface area (Å²) in [6, 6.07) is 14.6. The zero-order valence-corrected chi connectivity index (χ0v) is 10.7. The monoisotopic (exact) mass is 239 g/mol. The van der Waals surface area contributed by atoms with Crippen LogP contribution in [0.3, 0.4) is 0 Å². The third kappa shape index (κ3) is 1.94. The van der Waals surface area contributed by atoms with E-state index in [0.29, 0.717) is 0 Å². The summed E-state index contributed by atoms with van der Waals surface area (Å²) >= 11 is 0. The number of benzene rings is 2. The van der Waals surface area contributed by atoms with Crippen molar-refractivity contribution in [1.82, 2.24) is 0 Å². The molecule has 92 valence electrons. The number of hydrogen-bond donors (Lipinski definition) is 1. The summed E-state index contributed by atoms with van der Waals surface area (Å²) in [5, 5.41) is 3.42. The van der Waals surface area contributed by atoms with Crippen LogP contribution in [0.25, 0.3) is 0 Å². The average molecular weight is 239 g/mol. The Morgan fingerprint density at radius 1 is 1.06 bits per heavy atom. The maximum absolute atomic E-state index is 6.05. The van der Waals surface area contributed by atoms with E-state index in [1.165, 1.54) is 16.7 Å². The highest BCUT2D eigenvalue weighted by atomic mass is 16.5. The Morgan fingerprint density at radius 3 is 2.72 bits per heavy atom. The van der Waals surface area contributed by atoms with Crippen LogP contribution in [0.1, 0.15) is 22.8 Å². The SMILES string of the molecule is Cc1ccc(C2CNc3ccccc3O2)cc1C. The molecule has 0 aliphatic carbocycles. The highest BCUT2D eigenvalue weighted by Gasteiger charge is 2.20. The highest BCUT2D eigenvalue weighted by molar-refractivity contribution is 5.58. The number of ether oxygens (including phenoxy) is 1. The van der Waals surface area contributed by atoms with Crippen LogP contribution in [0.2, 0.25) is 0 Å². The predicted octanol–water partition coefficient (Wildman–Crippen LogP) is 3.85. The minimum atomic E-state index is 0.0965. The van der Waals surface area contributed by atoms with Crippen LogP contribution in [0.15, 0.2) is 42.5 Å². The van der Waals surface area contributed by atoms with E-state index in [1.54, 1.807) is 0 Å². The first-order valence-electron chi connectivity index (χ1n) is 6.31. The Bertz CT molecular complexity index is 577. The first-order valence-corrected chi connectivity index (χ1v) is 6.31. The molecule has 3 rings (SSSR count). The Labute approximate surface area is 108 Å². The number of fused-ring (bicyclic) bond motifs is 1. The molecule has 1 aliphatic heterocycles. The first kappa shape index (κ1) is 11.1. The molecule has 2 nitrogen and oxygen atoms in total. The van der Waals surface area contributed by atoms with E-state index in [-0.39, 0.29) is 6.10 Å². The average Bonchev–Trinajstić information content (AvgIpc) is 2.41. The highest BCUT2D eigenvalue weighted by Crippen LogP contribution is 2.34. The lowest BCUT2D eigenvalue weighted by atomic mass is 10.0. The number of aryl methyl sites for hydroxylation is 2. The summed E-state index contributed by atoms with van der Waals surface area (Å²) in [4.78, 5) is 0. The molecule has 0 saturated heterocycles. The van der Waals surface area contributed by atoms with Crippen molar-refractivity contribution in [3.05, 3.63) is 59.2 Å². The molecule has 1 unspecified atom stereocenters. The molecule has 0 spiro atoms. The largest absolute Gasteiger partial charge is 0.482 e. The molecule has 1 aliphatic rings. The number of rotatable bonds is 1. The van der Waals surface area contributed by atoms with E-state index in [0.717, 1.165) is 18.0 Å². The zero-order valence-electron chi connectivity index (χ0n) is 10.7. The van der Waals surface area contributed by atoms with Crippen molar-refractivity contribution < 1.29 is 4.74 Å². The summed E-state index contributed by atoms with van der Waals surface area (Å²) in [6.07, 6.45) is 0.0965. The van der Waals surface area contributed by atoms with Gasteiger partial charge in [0, 0.05) is 0 Å². The third-order valence-corrected chi connectivity index (χ3v) is 3.54. The van der Waals surface area contributed by atoms with Gasteiger partial charge >= 0.3 is 0 Å². The topological polar surface area (TPSA) is 21.3 Å². The van der Waals surface area contributed by atoms with Crippen molar-refractivity contribution in [2.75, 3.05) is 11.9 Å². The maximum Gasteiger partial charge on any atom is 0.143 e. The minimum absolute atomic E-state index is 0.0965. The Kier molecular flexibility index (Phi) is 2.71. The van der Waals surface area contributed by atoms with Gasteiger partial charge in [-0.25, -0.2) is 0 Å². The molecule has 2 heteroatoms. The Balaban J connectivity index is 1.89. The van der Waals surface area contributed by atoms with Crippen LogP contribution < -0.4 is 10.1 Å². The van der Waals surface area contributed by atoms with E-state index in [4.69, 9.17) is 4.74 Å². The van der Waals surface area contributed by atoms with Crippen molar-refractivity contribution in [2.24, 2.45) is 0 Å².